The first kappa shape index (κ1) is 16.8. The van der Waals surface area contributed by atoms with Crippen molar-refractivity contribution in [2.45, 2.75) is 84.0 Å². The van der Waals surface area contributed by atoms with Gasteiger partial charge in [0.25, 0.3) is 0 Å². The van der Waals surface area contributed by atoms with E-state index in [1.54, 1.807) is 0 Å². The van der Waals surface area contributed by atoms with Crippen LogP contribution in [0.25, 0.3) is 0 Å². The van der Waals surface area contributed by atoms with Crippen molar-refractivity contribution >= 4 is 5.91 Å². The summed E-state index contributed by atoms with van der Waals surface area (Å²) in [4.78, 5) is 17.2. The van der Waals surface area contributed by atoms with Crippen LogP contribution in [0.1, 0.15) is 59.8 Å². The Labute approximate surface area is 130 Å². The fourth-order valence-corrected chi connectivity index (χ4v) is 4.29. The molecule has 4 nitrogen and oxygen atoms in total. The number of carbonyl (C=O) groups excluding carboxylic acids is 1. The van der Waals surface area contributed by atoms with Crippen LogP contribution in [0.5, 0.6) is 0 Å². The van der Waals surface area contributed by atoms with Gasteiger partial charge in [-0.2, -0.15) is 0 Å². The molecule has 2 bridgehead atoms. The van der Waals surface area contributed by atoms with Crippen molar-refractivity contribution in [1.82, 2.24) is 15.1 Å². The predicted octanol–water partition coefficient (Wildman–Crippen LogP) is 2.24. The minimum absolute atomic E-state index is 0.0505. The number of carbonyl (C=O) groups is 1. The monoisotopic (exact) mass is 295 g/mol. The Balaban J connectivity index is 1.97. The Hall–Kier alpha value is -0.610. The van der Waals surface area contributed by atoms with Crippen molar-refractivity contribution in [3.63, 3.8) is 0 Å². The second-order valence-electron chi connectivity index (χ2n) is 6.64. The van der Waals surface area contributed by atoms with E-state index in [0.29, 0.717) is 24.0 Å². The molecule has 0 aromatic rings. The van der Waals surface area contributed by atoms with Crippen molar-refractivity contribution in [1.29, 1.82) is 0 Å². The Kier molecular flexibility index (Phi) is 6.06. The van der Waals surface area contributed by atoms with Gasteiger partial charge in [0.1, 0.15) is 0 Å². The molecule has 2 aliphatic heterocycles. The third kappa shape index (κ3) is 3.59. The van der Waals surface area contributed by atoms with Gasteiger partial charge in [-0.05, 0) is 59.4 Å². The van der Waals surface area contributed by atoms with Gasteiger partial charge in [0.15, 0.2) is 0 Å². The van der Waals surface area contributed by atoms with Crippen molar-refractivity contribution in [2.24, 2.45) is 0 Å². The molecule has 0 radical (unpaired) electrons. The lowest BCUT2D eigenvalue weighted by molar-refractivity contribution is -0.138. The smallest absolute Gasteiger partial charge is 0.239 e. The van der Waals surface area contributed by atoms with Crippen LogP contribution in [0.15, 0.2) is 0 Å². The molecule has 3 atom stereocenters. The molecule has 0 saturated carbocycles. The molecule has 2 rings (SSSR count). The molecule has 21 heavy (non-hydrogen) atoms. The summed E-state index contributed by atoms with van der Waals surface area (Å²) >= 11 is 0. The van der Waals surface area contributed by atoms with Gasteiger partial charge in [0, 0.05) is 31.2 Å². The molecular weight excluding hydrogens is 262 g/mol. The van der Waals surface area contributed by atoms with E-state index in [0.717, 1.165) is 19.6 Å². The van der Waals surface area contributed by atoms with Crippen LogP contribution in [0.3, 0.4) is 0 Å². The van der Waals surface area contributed by atoms with Gasteiger partial charge >= 0.3 is 0 Å². The second kappa shape index (κ2) is 7.59. The number of piperidine rings is 1. The molecule has 3 unspecified atom stereocenters. The minimum atomic E-state index is 0.0505. The first-order valence-corrected chi connectivity index (χ1v) is 8.91. The largest absolute Gasteiger partial charge is 0.342 e. The van der Waals surface area contributed by atoms with E-state index < -0.39 is 0 Å². The average molecular weight is 295 g/mol. The van der Waals surface area contributed by atoms with Crippen molar-refractivity contribution in [2.75, 3.05) is 19.6 Å². The molecule has 1 N–H and O–H groups in total. The highest BCUT2D eigenvalue weighted by atomic mass is 16.2. The highest BCUT2D eigenvalue weighted by Crippen LogP contribution is 2.37. The van der Waals surface area contributed by atoms with E-state index in [2.05, 4.69) is 37.9 Å². The van der Waals surface area contributed by atoms with Gasteiger partial charge in [-0.1, -0.05) is 6.92 Å². The molecule has 0 aromatic heterocycles. The summed E-state index contributed by atoms with van der Waals surface area (Å²) in [7, 11) is 0. The van der Waals surface area contributed by atoms with E-state index >= 15 is 0 Å². The molecule has 1 amide bonds. The van der Waals surface area contributed by atoms with Crippen LogP contribution in [0.2, 0.25) is 0 Å². The highest BCUT2D eigenvalue weighted by molar-refractivity contribution is 5.81. The summed E-state index contributed by atoms with van der Waals surface area (Å²) in [5.41, 5.74) is 0. The highest BCUT2D eigenvalue weighted by Gasteiger charge is 2.44. The molecule has 122 valence electrons. The summed E-state index contributed by atoms with van der Waals surface area (Å²) in [6, 6.07) is 1.92. The first-order valence-electron chi connectivity index (χ1n) is 8.91. The van der Waals surface area contributed by atoms with Gasteiger partial charge < -0.3 is 10.2 Å². The Morgan fingerprint density at radius 3 is 2.24 bits per heavy atom. The van der Waals surface area contributed by atoms with Gasteiger partial charge in [0.05, 0.1) is 6.04 Å². The maximum absolute atomic E-state index is 12.6. The molecule has 0 spiro atoms. The van der Waals surface area contributed by atoms with E-state index in [9.17, 15) is 4.79 Å². The average Bonchev–Trinajstić information content (AvgIpc) is 2.76. The molecular formula is C17H33N3O. The standard InChI is InChI=1S/C17H33N3O/c1-5-10-18-14-11-15-8-9-16(12-14)20(15)13(4)17(21)19(6-2)7-3/h13-16,18H,5-12H2,1-4H3. The maximum Gasteiger partial charge on any atom is 0.239 e. The zero-order chi connectivity index (χ0) is 15.4. The third-order valence-corrected chi connectivity index (χ3v) is 5.35. The zero-order valence-electron chi connectivity index (χ0n) is 14.3. The molecule has 2 heterocycles. The van der Waals surface area contributed by atoms with Crippen LogP contribution in [0.4, 0.5) is 0 Å². The van der Waals surface area contributed by atoms with Crippen LogP contribution in [-0.2, 0) is 4.79 Å². The van der Waals surface area contributed by atoms with Crippen LogP contribution in [0, 0.1) is 0 Å². The normalized spacial score (nSPS) is 30.4. The zero-order valence-corrected chi connectivity index (χ0v) is 14.3. The predicted molar refractivity (Wildman–Crippen MR) is 87.4 cm³/mol. The summed E-state index contributed by atoms with van der Waals surface area (Å²) < 4.78 is 0. The van der Waals surface area contributed by atoms with Gasteiger partial charge in [-0.25, -0.2) is 0 Å². The molecule has 4 heteroatoms. The van der Waals surface area contributed by atoms with Crippen molar-refractivity contribution in [3.05, 3.63) is 0 Å². The SMILES string of the molecule is CCCNC1CC2CCC(C1)N2C(C)C(=O)N(CC)CC. The Bertz CT molecular complexity index is 329. The lowest BCUT2D eigenvalue weighted by Crippen LogP contribution is -2.56. The van der Waals surface area contributed by atoms with Gasteiger partial charge in [-0.3, -0.25) is 9.69 Å². The maximum atomic E-state index is 12.6. The number of hydrogen-bond donors (Lipinski definition) is 1. The van der Waals surface area contributed by atoms with Crippen molar-refractivity contribution < 1.29 is 4.79 Å². The minimum Gasteiger partial charge on any atom is -0.342 e. The van der Waals surface area contributed by atoms with E-state index in [4.69, 9.17) is 0 Å². The molecule has 0 aromatic carbocycles. The molecule has 2 saturated heterocycles. The van der Waals surface area contributed by atoms with Crippen molar-refractivity contribution in [3.8, 4) is 0 Å². The molecule has 0 aliphatic carbocycles. The number of nitrogens with one attached hydrogen (secondary N) is 1. The topological polar surface area (TPSA) is 35.6 Å². The molecule has 2 fully saturated rings. The Morgan fingerprint density at radius 2 is 1.76 bits per heavy atom. The van der Waals surface area contributed by atoms with Crippen LogP contribution >= 0.6 is 0 Å². The van der Waals surface area contributed by atoms with E-state index in [1.165, 1.54) is 32.1 Å². The van der Waals surface area contributed by atoms with E-state index in [1.807, 2.05) is 4.90 Å². The number of nitrogens with zero attached hydrogens (tertiary/aromatic N) is 2. The van der Waals surface area contributed by atoms with Crippen LogP contribution in [-0.4, -0.2) is 59.5 Å². The number of hydrogen-bond acceptors (Lipinski definition) is 3. The summed E-state index contributed by atoms with van der Waals surface area (Å²) in [5, 5.41) is 3.68. The number of amides is 1. The summed E-state index contributed by atoms with van der Waals surface area (Å²) in [6.07, 6.45) is 6.17. The number of rotatable bonds is 7. The lowest BCUT2D eigenvalue weighted by atomic mass is 9.95. The first-order chi connectivity index (χ1) is 10.1. The summed E-state index contributed by atoms with van der Waals surface area (Å²) in [6.45, 7) is 11.3. The number of likely N-dealkylation sites (N-methyl/N-ethyl adjacent to an activating group) is 1. The van der Waals surface area contributed by atoms with Crippen LogP contribution < -0.4 is 5.32 Å². The van der Waals surface area contributed by atoms with Gasteiger partial charge in [0.2, 0.25) is 5.91 Å². The summed E-state index contributed by atoms with van der Waals surface area (Å²) in [5.74, 6) is 0.317. The van der Waals surface area contributed by atoms with E-state index in [-0.39, 0.29) is 6.04 Å². The second-order valence-corrected chi connectivity index (χ2v) is 6.64. The fraction of sp³-hybridized carbons (Fsp3) is 0.941. The van der Waals surface area contributed by atoms with Gasteiger partial charge in [-0.15, -0.1) is 0 Å². The number of fused-ring (bicyclic) bond motifs is 2. The Morgan fingerprint density at radius 1 is 1.19 bits per heavy atom. The lowest BCUT2D eigenvalue weighted by Gasteiger charge is -2.43. The fourth-order valence-electron chi connectivity index (χ4n) is 4.29. The quantitative estimate of drug-likeness (QED) is 0.782. The molecule has 2 aliphatic rings. The third-order valence-electron chi connectivity index (χ3n) is 5.35.